The molecule has 0 heterocycles. The third-order valence-electron chi connectivity index (χ3n) is 1.37. The highest BCUT2D eigenvalue weighted by atomic mass is 127. The van der Waals surface area contributed by atoms with Gasteiger partial charge in [0, 0.05) is 14.2 Å². The third kappa shape index (κ3) is 2.78. The van der Waals surface area contributed by atoms with Crippen LogP contribution in [-0.2, 0) is 6.18 Å². The van der Waals surface area contributed by atoms with Crippen molar-refractivity contribution in [2.75, 3.05) is 0 Å². The molecule has 3 nitrogen and oxygen atoms in total. The number of nitrogens with zero attached hydrogens (tertiary/aromatic N) is 3. The molecule has 1 rings (SSSR count). The van der Waals surface area contributed by atoms with Gasteiger partial charge in [-0.3, -0.25) is 0 Å². The first kappa shape index (κ1) is 11.1. The van der Waals surface area contributed by atoms with Crippen molar-refractivity contribution in [2.45, 2.75) is 6.18 Å². The summed E-state index contributed by atoms with van der Waals surface area (Å²) in [5.74, 6) is 0. The van der Waals surface area contributed by atoms with E-state index in [1.54, 1.807) is 22.6 Å². The monoisotopic (exact) mass is 313 g/mol. The molecule has 0 amide bonds. The van der Waals surface area contributed by atoms with Crippen molar-refractivity contribution in [1.29, 1.82) is 0 Å². The fourth-order valence-electron chi connectivity index (χ4n) is 0.847. The van der Waals surface area contributed by atoms with E-state index in [1.807, 2.05) is 0 Å². The Hall–Kier alpha value is -0.950. The van der Waals surface area contributed by atoms with E-state index in [4.69, 9.17) is 5.53 Å². The van der Waals surface area contributed by atoms with Gasteiger partial charge in [-0.25, -0.2) is 0 Å². The summed E-state index contributed by atoms with van der Waals surface area (Å²) in [6, 6.07) is 3.16. The van der Waals surface area contributed by atoms with Crippen LogP contribution in [0.3, 0.4) is 0 Å². The van der Waals surface area contributed by atoms with Crippen LogP contribution in [0.5, 0.6) is 0 Å². The van der Waals surface area contributed by atoms with Gasteiger partial charge in [-0.1, -0.05) is 5.11 Å². The standard InChI is InChI=1S/C7H3F3IN3/c8-7(9,10)4-1-5(11)3-6(2-4)13-14-12/h1-3H. The number of rotatable bonds is 1. The molecule has 0 bridgehead atoms. The van der Waals surface area contributed by atoms with E-state index in [0.717, 1.165) is 12.1 Å². The summed E-state index contributed by atoms with van der Waals surface area (Å²) in [4.78, 5) is 2.42. The Morgan fingerprint density at radius 3 is 2.43 bits per heavy atom. The molecule has 1 aromatic carbocycles. The van der Waals surface area contributed by atoms with E-state index in [1.165, 1.54) is 6.07 Å². The van der Waals surface area contributed by atoms with Crippen LogP contribution in [0.2, 0.25) is 0 Å². The first-order valence-corrected chi connectivity index (χ1v) is 4.44. The number of alkyl halides is 3. The van der Waals surface area contributed by atoms with E-state index in [9.17, 15) is 13.2 Å². The molecule has 1 aromatic rings. The van der Waals surface area contributed by atoms with Crippen LogP contribution in [0.25, 0.3) is 10.4 Å². The van der Waals surface area contributed by atoms with Gasteiger partial charge in [0.2, 0.25) is 0 Å². The molecular formula is C7H3F3IN3. The Labute approximate surface area is 90.7 Å². The van der Waals surface area contributed by atoms with Crippen LogP contribution in [0, 0.1) is 3.57 Å². The van der Waals surface area contributed by atoms with Crippen molar-refractivity contribution < 1.29 is 13.2 Å². The van der Waals surface area contributed by atoms with Crippen molar-refractivity contribution in [1.82, 2.24) is 0 Å². The molecule has 0 aliphatic heterocycles. The smallest absolute Gasteiger partial charge is 0.166 e. The highest BCUT2D eigenvalue weighted by Gasteiger charge is 2.30. The maximum atomic E-state index is 12.3. The average Bonchev–Trinajstić information content (AvgIpc) is 2.02. The van der Waals surface area contributed by atoms with Crippen LogP contribution >= 0.6 is 22.6 Å². The van der Waals surface area contributed by atoms with E-state index >= 15 is 0 Å². The molecule has 0 aromatic heterocycles. The van der Waals surface area contributed by atoms with Crippen LogP contribution in [0.15, 0.2) is 23.3 Å². The summed E-state index contributed by atoms with van der Waals surface area (Å²) >= 11 is 1.73. The van der Waals surface area contributed by atoms with Gasteiger partial charge in [0.15, 0.2) is 0 Å². The number of hydrogen-bond acceptors (Lipinski definition) is 1. The molecular weight excluding hydrogens is 310 g/mol. The maximum Gasteiger partial charge on any atom is 0.416 e. The second-order valence-corrected chi connectivity index (χ2v) is 3.63. The molecule has 0 spiro atoms. The summed E-state index contributed by atoms with van der Waals surface area (Å²) in [6.45, 7) is 0. The van der Waals surface area contributed by atoms with Gasteiger partial charge in [0.1, 0.15) is 0 Å². The van der Waals surface area contributed by atoms with Crippen LogP contribution in [0.4, 0.5) is 18.9 Å². The van der Waals surface area contributed by atoms with E-state index < -0.39 is 11.7 Å². The lowest BCUT2D eigenvalue weighted by Gasteiger charge is -2.07. The maximum absolute atomic E-state index is 12.3. The normalized spacial score (nSPS) is 10.9. The first-order chi connectivity index (χ1) is 6.43. The first-order valence-electron chi connectivity index (χ1n) is 3.36. The van der Waals surface area contributed by atoms with E-state index in [0.29, 0.717) is 3.57 Å². The van der Waals surface area contributed by atoms with E-state index in [2.05, 4.69) is 10.0 Å². The summed E-state index contributed by atoms with van der Waals surface area (Å²) in [5, 5.41) is 3.12. The summed E-state index contributed by atoms with van der Waals surface area (Å²) < 4.78 is 37.1. The van der Waals surface area contributed by atoms with Crippen LogP contribution < -0.4 is 0 Å². The summed E-state index contributed by atoms with van der Waals surface area (Å²) in [7, 11) is 0. The minimum absolute atomic E-state index is 0.0354. The van der Waals surface area contributed by atoms with Gasteiger partial charge < -0.3 is 0 Å². The zero-order chi connectivity index (χ0) is 10.8. The molecule has 0 saturated carbocycles. The summed E-state index contributed by atoms with van der Waals surface area (Å²) in [5.41, 5.74) is 7.23. The molecule has 0 aliphatic carbocycles. The predicted octanol–water partition coefficient (Wildman–Crippen LogP) is 4.25. The molecule has 0 radical (unpaired) electrons. The van der Waals surface area contributed by atoms with Crippen LogP contribution in [0.1, 0.15) is 5.56 Å². The molecule has 0 unspecified atom stereocenters. The molecule has 0 fully saturated rings. The largest absolute Gasteiger partial charge is 0.416 e. The lowest BCUT2D eigenvalue weighted by atomic mass is 10.2. The fourth-order valence-corrected chi connectivity index (χ4v) is 1.50. The zero-order valence-corrected chi connectivity index (χ0v) is 8.74. The molecule has 14 heavy (non-hydrogen) atoms. The Morgan fingerprint density at radius 1 is 1.29 bits per heavy atom. The zero-order valence-electron chi connectivity index (χ0n) is 6.59. The Balaban J connectivity index is 3.27. The molecule has 7 heteroatoms. The lowest BCUT2D eigenvalue weighted by molar-refractivity contribution is -0.137. The van der Waals surface area contributed by atoms with Gasteiger partial charge in [-0.15, -0.1) is 0 Å². The molecule has 0 atom stereocenters. The molecule has 0 saturated heterocycles. The molecule has 74 valence electrons. The van der Waals surface area contributed by atoms with Gasteiger partial charge in [0.05, 0.1) is 5.56 Å². The fraction of sp³-hybridized carbons (Fsp3) is 0.143. The summed E-state index contributed by atoms with van der Waals surface area (Å²) in [6.07, 6.45) is -4.42. The number of hydrogen-bond donors (Lipinski definition) is 0. The SMILES string of the molecule is [N-]=[N+]=Nc1cc(I)cc(C(F)(F)F)c1. The quantitative estimate of drug-likeness (QED) is 0.322. The van der Waals surface area contributed by atoms with Gasteiger partial charge in [-0.05, 0) is 46.3 Å². The van der Waals surface area contributed by atoms with Crippen molar-refractivity contribution in [3.8, 4) is 0 Å². The van der Waals surface area contributed by atoms with Crippen molar-refractivity contribution in [3.05, 3.63) is 37.8 Å². The highest BCUT2D eigenvalue weighted by molar-refractivity contribution is 14.1. The minimum Gasteiger partial charge on any atom is -0.166 e. The molecule has 0 aliphatic rings. The minimum atomic E-state index is -4.42. The van der Waals surface area contributed by atoms with Crippen LogP contribution in [-0.4, -0.2) is 0 Å². The van der Waals surface area contributed by atoms with Crippen molar-refractivity contribution in [3.63, 3.8) is 0 Å². The molecule has 0 N–H and O–H groups in total. The second-order valence-electron chi connectivity index (χ2n) is 2.39. The highest BCUT2D eigenvalue weighted by Crippen LogP contribution is 2.33. The average molecular weight is 313 g/mol. The van der Waals surface area contributed by atoms with Crippen molar-refractivity contribution in [2.24, 2.45) is 5.11 Å². The predicted molar refractivity (Wildman–Crippen MR) is 53.0 cm³/mol. The Bertz CT molecular complexity index is 396. The Kier molecular flexibility index (Phi) is 3.22. The van der Waals surface area contributed by atoms with Gasteiger partial charge in [-0.2, -0.15) is 13.2 Å². The van der Waals surface area contributed by atoms with E-state index in [-0.39, 0.29) is 5.69 Å². The number of azide groups is 1. The second kappa shape index (κ2) is 4.05. The third-order valence-corrected chi connectivity index (χ3v) is 1.99. The topological polar surface area (TPSA) is 48.8 Å². The van der Waals surface area contributed by atoms with Gasteiger partial charge in [0.25, 0.3) is 0 Å². The van der Waals surface area contributed by atoms with Gasteiger partial charge >= 0.3 is 6.18 Å². The lowest BCUT2D eigenvalue weighted by Crippen LogP contribution is -2.04. The van der Waals surface area contributed by atoms with Crippen molar-refractivity contribution >= 4 is 28.3 Å². The number of halogens is 4. The number of benzene rings is 1. The Morgan fingerprint density at radius 2 is 1.93 bits per heavy atom.